The van der Waals surface area contributed by atoms with Crippen LogP contribution in [-0.2, 0) is 14.8 Å². The molecule has 29 heavy (non-hydrogen) atoms. The van der Waals surface area contributed by atoms with E-state index in [-0.39, 0.29) is 10.8 Å². The molecule has 3 aromatic rings. The molecule has 1 amide bonds. The highest BCUT2D eigenvalue weighted by molar-refractivity contribution is 7.89. The van der Waals surface area contributed by atoms with Crippen molar-refractivity contribution in [3.63, 3.8) is 0 Å². The van der Waals surface area contributed by atoms with Crippen LogP contribution in [0.15, 0.2) is 59.5 Å². The second-order valence-electron chi connectivity index (χ2n) is 6.85. The van der Waals surface area contributed by atoms with E-state index in [9.17, 15) is 13.2 Å². The summed E-state index contributed by atoms with van der Waals surface area (Å²) < 4.78 is 23.5. The molecule has 0 fully saturated rings. The molecule has 0 bridgehead atoms. The molecule has 8 nitrogen and oxygen atoms in total. The van der Waals surface area contributed by atoms with Gasteiger partial charge in [0.2, 0.25) is 16.0 Å². The average molecular weight is 409 g/mol. The van der Waals surface area contributed by atoms with E-state index in [4.69, 9.17) is 5.14 Å². The van der Waals surface area contributed by atoms with Crippen molar-refractivity contribution in [3.8, 4) is 0 Å². The lowest BCUT2D eigenvalue weighted by molar-refractivity contribution is -0.117. The van der Waals surface area contributed by atoms with Gasteiger partial charge in [-0.2, -0.15) is 0 Å². The first kappa shape index (κ1) is 19.0. The number of nitrogens with one attached hydrogen (secondary N) is 1. The summed E-state index contributed by atoms with van der Waals surface area (Å²) in [5.41, 5.74) is 3.18. The molecule has 1 atom stereocenters. The fourth-order valence-electron chi connectivity index (χ4n) is 3.43. The van der Waals surface area contributed by atoms with Gasteiger partial charge in [0.25, 0.3) is 5.91 Å². The molecule has 1 aliphatic heterocycles. The first-order chi connectivity index (χ1) is 13.7. The lowest BCUT2D eigenvalue weighted by Crippen LogP contribution is -2.40. The number of carbonyl (C=O) groups excluding carboxylic acids is 1. The van der Waals surface area contributed by atoms with Crippen LogP contribution in [0.3, 0.4) is 0 Å². The highest BCUT2D eigenvalue weighted by Crippen LogP contribution is 2.43. The minimum Gasteiger partial charge on any atom is -0.322 e. The molecule has 2 aromatic carbocycles. The highest BCUT2D eigenvalue weighted by Gasteiger charge is 2.37. The average Bonchev–Trinajstić information content (AvgIpc) is 2.65. The third-order valence-electron chi connectivity index (χ3n) is 4.62. The Morgan fingerprint density at radius 1 is 1.00 bits per heavy atom. The Balaban J connectivity index is 1.96. The Morgan fingerprint density at radius 3 is 2.28 bits per heavy atom. The Kier molecular flexibility index (Phi) is 4.56. The summed E-state index contributed by atoms with van der Waals surface area (Å²) in [5.74, 6) is 0.0360. The molecule has 0 aliphatic carbocycles. The van der Waals surface area contributed by atoms with Gasteiger partial charge in [0.15, 0.2) is 0 Å². The lowest BCUT2D eigenvalue weighted by Gasteiger charge is -2.37. The van der Waals surface area contributed by atoms with E-state index in [0.717, 1.165) is 17.0 Å². The van der Waals surface area contributed by atoms with Gasteiger partial charge in [0.1, 0.15) is 6.04 Å². The predicted molar refractivity (Wildman–Crippen MR) is 109 cm³/mol. The van der Waals surface area contributed by atoms with Crippen molar-refractivity contribution in [1.29, 1.82) is 0 Å². The third-order valence-corrected chi connectivity index (χ3v) is 5.53. The largest absolute Gasteiger partial charge is 0.322 e. The Hall–Kier alpha value is -3.30. The van der Waals surface area contributed by atoms with Gasteiger partial charge in [-0.15, -0.1) is 0 Å². The number of amides is 1. The SMILES string of the molecule is Cc1cc(C)nc(N2c3ccc(S(N)(=O)=O)cc3NC(=O)C2c2ccccc2)n1. The maximum Gasteiger partial charge on any atom is 0.252 e. The molecular weight excluding hydrogens is 390 g/mol. The number of sulfonamides is 1. The molecule has 0 saturated heterocycles. The molecule has 3 N–H and O–H groups in total. The summed E-state index contributed by atoms with van der Waals surface area (Å²) in [7, 11) is -3.92. The molecular formula is C20H19N5O3S. The van der Waals surface area contributed by atoms with Crippen LogP contribution in [-0.4, -0.2) is 24.3 Å². The minimum atomic E-state index is -3.92. The van der Waals surface area contributed by atoms with Crippen LogP contribution in [0.2, 0.25) is 0 Å². The Bertz CT molecular complexity index is 1190. The fraction of sp³-hybridized carbons (Fsp3) is 0.150. The molecule has 1 aromatic heterocycles. The maximum absolute atomic E-state index is 13.1. The number of fused-ring (bicyclic) bond motifs is 1. The quantitative estimate of drug-likeness (QED) is 0.686. The van der Waals surface area contributed by atoms with Crippen molar-refractivity contribution < 1.29 is 13.2 Å². The number of anilines is 3. The van der Waals surface area contributed by atoms with Gasteiger partial charge in [0.05, 0.1) is 16.3 Å². The van der Waals surface area contributed by atoms with Gasteiger partial charge in [-0.1, -0.05) is 30.3 Å². The van der Waals surface area contributed by atoms with Crippen molar-refractivity contribution in [2.24, 2.45) is 5.14 Å². The summed E-state index contributed by atoms with van der Waals surface area (Å²) in [6.07, 6.45) is 0. The number of primary sulfonamides is 1. The van der Waals surface area contributed by atoms with E-state index in [2.05, 4.69) is 15.3 Å². The fourth-order valence-corrected chi connectivity index (χ4v) is 3.97. The number of hydrogen-bond donors (Lipinski definition) is 2. The molecule has 0 spiro atoms. The third kappa shape index (κ3) is 3.57. The number of aromatic nitrogens is 2. The second kappa shape index (κ2) is 6.94. The zero-order chi connectivity index (χ0) is 20.8. The molecule has 9 heteroatoms. The first-order valence-corrected chi connectivity index (χ1v) is 10.4. The Labute approximate surface area is 168 Å². The summed E-state index contributed by atoms with van der Waals surface area (Å²) in [6.45, 7) is 3.70. The zero-order valence-electron chi connectivity index (χ0n) is 15.8. The highest BCUT2D eigenvalue weighted by atomic mass is 32.2. The van der Waals surface area contributed by atoms with Gasteiger partial charge in [0, 0.05) is 11.4 Å². The van der Waals surface area contributed by atoms with E-state index in [1.807, 2.05) is 50.2 Å². The van der Waals surface area contributed by atoms with Gasteiger partial charge in [-0.05, 0) is 43.7 Å². The van der Waals surface area contributed by atoms with Crippen molar-refractivity contribution in [3.05, 3.63) is 71.5 Å². The van der Waals surface area contributed by atoms with Crippen molar-refractivity contribution in [2.45, 2.75) is 24.8 Å². The smallest absolute Gasteiger partial charge is 0.252 e. The number of nitrogens with two attached hydrogens (primary N) is 1. The first-order valence-electron chi connectivity index (χ1n) is 8.88. The number of carbonyl (C=O) groups is 1. The van der Waals surface area contributed by atoms with Crippen LogP contribution in [0.25, 0.3) is 0 Å². The van der Waals surface area contributed by atoms with Crippen molar-refractivity contribution >= 4 is 33.3 Å². The zero-order valence-corrected chi connectivity index (χ0v) is 16.6. The number of rotatable bonds is 3. The van der Waals surface area contributed by atoms with E-state index in [1.165, 1.54) is 12.1 Å². The topological polar surface area (TPSA) is 118 Å². The summed E-state index contributed by atoms with van der Waals surface area (Å²) in [4.78, 5) is 23.8. The van der Waals surface area contributed by atoms with Gasteiger partial charge < -0.3 is 5.32 Å². The van der Waals surface area contributed by atoms with E-state index >= 15 is 0 Å². The molecule has 148 valence electrons. The van der Waals surface area contributed by atoms with Crippen molar-refractivity contribution in [2.75, 3.05) is 10.2 Å². The molecule has 0 radical (unpaired) electrons. The summed E-state index contributed by atoms with van der Waals surface area (Å²) in [6, 6.07) is 14.8. The van der Waals surface area contributed by atoms with Crippen LogP contribution in [0.5, 0.6) is 0 Å². The maximum atomic E-state index is 13.1. The van der Waals surface area contributed by atoms with Crippen LogP contribution in [0, 0.1) is 13.8 Å². The van der Waals surface area contributed by atoms with Crippen LogP contribution >= 0.6 is 0 Å². The number of hydrogen-bond acceptors (Lipinski definition) is 6. The van der Waals surface area contributed by atoms with E-state index in [0.29, 0.717) is 17.3 Å². The van der Waals surface area contributed by atoms with Crippen molar-refractivity contribution in [1.82, 2.24) is 9.97 Å². The molecule has 0 saturated carbocycles. The molecule has 1 aliphatic rings. The molecule has 4 rings (SSSR count). The monoisotopic (exact) mass is 409 g/mol. The van der Waals surface area contributed by atoms with E-state index in [1.54, 1.807) is 11.0 Å². The normalized spacial score (nSPS) is 16.3. The van der Waals surface area contributed by atoms with Crippen LogP contribution < -0.4 is 15.4 Å². The van der Waals surface area contributed by atoms with Crippen LogP contribution in [0.4, 0.5) is 17.3 Å². The molecule has 2 heterocycles. The van der Waals surface area contributed by atoms with Gasteiger partial charge >= 0.3 is 0 Å². The lowest BCUT2D eigenvalue weighted by atomic mass is 10.0. The summed E-state index contributed by atoms with van der Waals surface area (Å²) >= 11 is 0. The number of benzene rings is 2. The van der Waals surface area contributed by atoms with Gasteiger partial charge in [-0.25, -0.2) is 23.5 Å². The number of nitrogens with zero attached hydrogens (tertiary/aromatic N) is 3. The van der Waals surface area contributed by atoms with Crippen LogP contribution in [0.1, 0.15) is 23.0 Å². The second-order valence-corrected chi connectivity index (χ2v) is 8.41. The number of aryl methyl sites for hydroxylation is 2. The molecule has 1 unspecified atom stereocenters. The minimum absolute atomic E-state index is 0.0870. The predicted octanol–water partition coefficient (Wildman–Crippen LogP) is 2.57. The standard InChI is InChI=1S/C20H19N5O3S/c1-12-10-13(2)23-20(22-12)25-17-9-8-15(29(21,27)28)11-16(17)24-19(26)18(25)14-6-4-3-5-7-14/h3-11,18H,1-2H3,(H,24,26)(H2,21,27,28). The van der Waals surface area contributed by atoms with Gasteiger partial charge in [-0.3, -0.25) is 9.69 Å². The Morgan fingerprint density at radius 2 is 1.66 bits per heavy atom. The summed E-state index contributed by atoms with van der Waals surface area (Å²) in [5, 5.41) is 8.04. The van der Waals surface area contributed by atoms with E-state index < -0.39 is 16.1 Å².